The fourth-order valence-electron chi connectivity index (χ4n) is 2.84. The number of halogens is 3. The number of aromatic amines is 1. The number of rotatable bonds is 4. The molecule has 9 heteroatoms. The Labute approximate surface area is 173 Å². The molecule has 1 N–H and O–H groups in total. The van der Waals surface area contributed by atoms with E-state index in [9.17, 15) is 18.0 Å². The standard InChI is InChI=1S/C21H15F3N4OS/c1-12-6-8-13(9-7-12)16-10-17(21(22,23)24)27-20(26-16)30-11-18-25-15-5-3-2-4-14(15)19(29)28-18/h2-10H,11H2,1H3,(H,25,28,29). The third-order valence-corrected chi connectivity index (χ3v) is 5.20. The minimum Gasteiger partial charge on any atom is -0.309 e. The van der Waals surface area contributed by atoms with Crippen LogP contribution in [-0.4, -0.2) is 19.9 Å². The maximum Gasteiger partial charge on any atom is 0.433 e. The van der Waals surface area contributed by atoms with Gasteiger partial charge in [0, 0.05) is 5.56 Å². The monoisotopic (exact) mass is 428 g/mol. The topological polar surface area (TPSA) is 71.5 Å². The maximum atomic E-state index is 13.4. The van der Waals surface area contributed by atoms with Crippen LogP contribution in [0.1, 0.15) is 17.1 Å². The zero-order valence-electron chi connectivity index (χ0n) is 15.7. The van der Waals surface area contributed by atoms with Crippen molar-refractivity contribution >= 4 is 22.7 Å². The molecule has 4 rings (SSSR count). The van der Waals surface area contributed by atoms with Crippen LogP contribution in [0.4, 0.5) is 13.2 Å². The molecule has 5 nitrogen and oxygen atoms in total. The Hall–Kier alpha value is -3.20. The molecule has 0 atom stereocenters. The van der Waals surface area contributed by atoms with Crippen molar-refractivity contribution in [2.75, 3.05) is 0 Å². The molecule has 152 valence electrons. The Morgan fingerprint density at radius 3 is 2.47 bits per heavy atom. The first kappa shape index (κ1) is 20.1. The number of aromatic nitrogens is 4. The van der Waals surface area contributed by atoms with Crippen LogP contribution in [0, 0.1) is 6.92 Å². The van der Waals surface area contributed by atoms with Gasteiger partial charge in [-0.05, 0) is 25.1 Å². The highest BCUT2D eigenvalue weighted by Gasteiger charge is 2.33. The van der Waals surface area contributed by atoms with Gasteiger partial charge in [0.15, 0.2) is 5.16 Å². The van der Waals surface area contributed by atoms with Gasteiger partial charge in [-0.2, -0.15) is 13.2 Å². The summed E-state index contributed by atoms with van der Waals surface area (Å²) in [5, 5.41) is 0.402. The molecule has 0 bridgehead atoms. The number of thioether (sulfide) groups is 1. The minimum atomic E-state index is -4.60. The summed E-state index contributed by atoms with van der Waals surface area (Å²) in [6.07, 6.45) is -4.60. The lowest BCUT2D eigenvalue weighted by Crippen LogP contribution is -2.12. The summed E-state index contributed by atoms with van der Waals surface area (Å²) >= 11 is 0.978. The highest BCUT2D eigenvalue weighted by molar-refractivity contribution is 7.98. The zero-order chi connectivity index (χ0) is 21.3. The van der Waals surface area contributed by atoms with Crippen LogP contribution in [-0.2, 0) is 11.9 Å². The summed E-state index contributed by atoms with van der Waals surface area (Å²) in [6, 6.07) is 14.8. The molecule has 2 aromatic heterocycles. The van der Waals surface area contributed by atoms with Crippen molar-refractivity contribution in [2.45, 2.75) is 24.0 Å². The maximum absolute atomic E-state index is 13.4. The normalized spacial score (nSPS) is 11.7. The summed E-state index contributed by atoms with van der Waals surface area (Å²) < 4.78 is 40.1. The van der Waals surface area contributed by atoms with Crippen molar-refractivity contribution in [3.63, 3.8) is 0 Å². The second-order valence-electron chi connectivity index (χ2n) is 6.60. The summed E-state index contributed by atoms with van der Waals surface area (Å²) in [5.41, 5.74) is 0.927. The summed E-state index contributed by atoms with van der Waals surface area (Å²) in [6.45, 7) is 1.89. The SMILES string of the molecule is Cc1ccc(-c2cc(C(F)(F)F)nc(SCc3nc4ccccc4c(=O)[nH]3)n2)cc1. The fourth-order valence-corrected chi connectivity index (χ4v) is 3.57. The van der Waals surface area contributed by atoms with Gasteiger partial charge in [0.25, 0.3) is 5.56 Å². The Balaban J connectivity index is 1.67. The van der Waals surface area contributed by atoms with Crippen LogP contribution in [0.3, 0.4) is 0 Å². The Morgan fingerprint density at radius 1 is 1.00 bits per heavy atom. The Kier molecular flexibility index (Phi) is 5.29. The molecular weight excluding hydrogens is 413 g/mol. The molecule has 0 aliphatic carbocycles. The largest absolute Gasteiger partial charge is 0.433 e. The van der Waals surface area contributed by atoms with E-state index in [1.807, 2.05) is 6.92 Å². The van der Waals surface area contributed by atoms with E-state index in [2.05, 4.69) is 19.9 Å². The van der Waals surface area contributed by atoms with E-state index in [0.717, 1.165) is 23.4 Å². The first-order valence-corrected chi connectivity index (χ1v) is 9.92. The lowest BCUT2D eigenvalue weighted by molar-refractivity contribution is -0.141. The van der Waals surface area contributed by atoms with E-state index in [4.69, 9.17) is 0 Å². The number of fused-ring (bicyclic) bond motifs is 1. The number of hydrogen-bond acceptors (Lipinski definition) is 5. The predicted octanol–water partition coefficient (Wildman–Crippen LogP) is 5.00. The number of H-pyrrole nitrogens is 1. The zero-order valence-corrected chi connectivity index (χ0v) is 16.5. The van der Waals surface area contributed by atoms with E-state index in [-0.39, 0.29) is 22.2 Å². The molecule has 0 saturated carbocycles. The quantitative estimate of drug-likeness (QED) is 0.366. The number of hydrogen-bond donors (Lipinski definition) is 1. The molecule has 4 aromatic rings. The average molecular weight is 428 g/mol. The molecule has 0 fully saturated rings. The third-order valence-electron chi connectivity index (χ3n) is 4.34. The van der Waals surface area contributed by atoms with Crippen molar-refractivity contribution in [2.24, 2.45) is 0 Å². The second kappa shape index (κ2) is 7.91. The lowest BCUT2D eigenvalue weighted by atomic mass is 10.1. The van der Waals surface area contributed by atoms with Gasteiger partial charge < -0.3 is 4.98 Å². The van der Waals surface area contributed by atoms with Crippen LogP contribution < -0.4 is 5.56 Å². The highest BCUT2D eigenvalue weighted by Crippen LogP contribution is 2.32. The summed E-state index contributed by atoms with van der Waals surface area (Å²) in [5.74, 6) is 0.455. The van der Waals surface area contributed by atoms with E-state index in [0.29, 0.717) is 22.3 Å². The number of nitrogens with one attached hydrogen (secondary N) is 1. The first-order valence-electron chi connectivity index (χ1n) is 8.94. The minimum absolute atomic E-state index is 0.0452. The van der Waals surface area contributed by atoms with Crippen LogP contribution in [0.25, 0.3) is 22.2 Å². The molecule has 0 radical (unpaired) electrons. The Morgan fingerprint density at radius 2 is 1.73 bits per heavy atom. The second-order valence-corrected chi connectivity index (χ2v) is 7.55. The van der Waals surface area contributed by atoms with Gasteiger partial charge >= 0.3 is 6.18 Å². The smallest absolute Gasteiger partial charge is 0.309 e. The van der Waals surface area contributed by atoms with Crippen LogP contribution in [0.15, 0.2) is 64.5 Å². The molecule has 30 heavy (non-hydrogen) atoms. The van der Waals surface area contributed by atoms with Crippen LogP contribution >= 0.6 is 11.8 Å². The van der Waals surface area contributed by atoms with E-state index >= 15 is 0 Å². The molecule has 0 unspecified atom stereocenters. The fraction of sp³-hybridized carbons (Fsp3) is 0.143. The van der Waals surface area contributed by atoms with E-state index in [1.165, 1.54) is 0 Å². The summed E-state index contributed by atoms with van der Waals surface area (Å²) in [7, 11) is 0. The number of aryl methyl sites for hydroxylation is 1. The lowest BCUT2D eigenvalue weighted by Gasteiger charge is -2.11. The number of nitrogens with zero attached hydrogens (tertiary/aromatic N) is 3. The van der Waals surface area contributed by atoms with Crippen LogP contribution in [0.2, 0.25) is 0 Å². The number of para-hydroxylation sites is 1. The molecule has 0 saturated heterocycles. The molecule has 0 aliphatic rings. The molecule has 2 aromatic carbocycles. The van der Waals surface area contributed by atoms with E-state index in [1.54, 1.807) is 48.5 Å². The average Bonchev–Trinajstić information content (AvgIpc) is 2.72. The Bertz CT molecular complexity index is 1270. The third kappa shape index (κ3) is 4.35. The van der Waals surface area contributed by atoms with E-state index < -0.39 is 11.9 Å². The van der Waals surface area contributed by atoms with Crippen molar-refractivity contribution in [3.05, 3.63) is 82.0 Å². The highest BCUT2D eigenvalue weighted by atomic mass is 32.2. The number of alkyl halides is 3. The van der Waals surface area contributed by atoms with Gasteiger partial charge in [-0.3, -0.25) is 4.79 Å². The van der Waals surface area contributed by atoms with Crippen molar-refractivity contribution < 1.29 is 13.2 Å². The number of benzene rings is 2. The van der Waals surface area contributed by atoms with Crippen LogP contribution in [0.5, 0.6) is 0 Å². The van der Waals surface area contributed by atoms with Crippen molar-refractivity contribution in [1.29, 1.82) is 0 Å². The van der Waals surface area contributed by atoms with Gasteiger partial charge in [-0.25, -0.2) is 15.0 Å². The van der Waals surface area contributed by atoms with Gasteiger partial charge in [-0.1, -0.05) is 53.7 Å². The van der Waals surface area contributed by atoms with Crippen molar-refractivity contribution in [1.82, 2.24) is 19.9 Å². The van der Waals surface area contributed by atoms with Gasteiger partial charge in [0.2, 0.25) is 0 Å². The molecule has 2 heterocycles. The molecule has 0 spiro atoms. The predicted molar refractivity (Wildman–Crippen MR) is 109 cm³/mol. The first-order chi connectivity index (χ1) is 14.3. The molecule has 0 aliphatic heterocycles. The van der Waals surface area contributed by atoms with Crippen molar-refractivity contribution in [3.8, 4) is 11.3 Å². The summed E-state index contributed by atoms with van der Waals surface area (Å²) in [4.78, 5) is 27.1. The molecule has 0 amide bonds. The van der Waals surface area contributed by atoms with Gasteiger partial charge in [0.1, 0.15) is 11.5 Å². The van der Waals surface area contributed by atoms with Gasteiger partial charge in [-0.15, -0.1) is 0 Å². The van der Waals surface area contributed by atoms with Gasteiger partial charge in [0.05, 0.1) is 22.3 Å². The molecular formula is C21H15F3N4OS.